The van der Waals surface area contributed by atoms with E-state index in [0.717, 1.165) is 33.5 Å². The minimum atomic E-state index is 1.14. The van der Waals surface area contributed by atoms with Crippen molar-refractivity contribution in [3.8, 4) is 22.5 Å². The number of hydrogen-bond acceptors (Lipinski definition) is 0. The van der Waals surface area contributed by atoms with Gasteiger partial charge >= 0.3 is 0 Å². The van der Waals surface area contributed by atoms with Gasteiger partial charge in [0.2, 0.25) is 0 Å². The molecule has 3 nitrogen and oxygen atoms in total. The van der Waals surface area contributed by atoms with Crippen LogP contribution in [-0.4, -0.2) is 15.0 Å². The lowest BCUT2D eigenvalue weighted by atomic mass is 10.0. The Bertz CT molecular complexity index is 1550. The van der Waals surface area contributed by atoms with Gasteiger partial charge in [-0.25, -0.2) is 0 Å². The third-order valence-corrected chi connectivity index (χ3v) is 6.28. The number of aromatic amines is 3. The topological polar surface area (TPSA) is 47.4 Å². The third-order valence-electron chi connectivity index (χ3n) is 6.28. The molecule has 0 unspecified atom stereocenters. The van der Waals surface area contributed by atoms with Crippen molar-refractivity contribution in [2.75, 3.05) is 0 Å². The molecule has 146 valence electrons. The maximum absolute atomic E-state index is 3.57. The number of benzene rings is 4. The van der Waals surface area contributed by atoms with E-state index in [-0.39, 0.29) is 0 Å². The Balaban J connectivity index is 1.41. The van der Waals surface area contributed by atoms with E-state index in [0.29, 0.717) is 0 Å². The summed E-state index contributed by atoms with van der Waals surface area (Å²) in [4.78, 5) is 10.7. The molecule has 3 heteroatoms. The molecular formula is C28H19N3. The molecule has 3 heterocycles. The Kier molecular flexibility index (Phi) is 3.27. The van der Waals surface area contributed by atoms with Crippen LogP contribution in [0.25, 0.3) is 66.1 Å². The fraction of sp³-hybridized carbons (Fsp3) is 0. The van der Waals surface area contributed by atoms with Gasteiger partial charge in [0.1, 0.15) is 0 Å². The van der Waals surface area contributed by atoms with Crippen LogP contribution in [0.1, 0.15) is 0 Å². The van der Waals surface area contributed by atoms with Crippen LogP contribution in [-0.2, 0) is 0 Å². The lowest BCUT2D eigenvalue weighted by molar-refractivity contribution is 1.45. The summed E-state index contributed by atoms with van der Waals surface area (Å²) < 4.78 is 0. The normalized spacial score (nSPS) is 11.9. The average Bonchev–Trinajstić information content (AvgIpc) is 3.52. The molecule has 3 aromatic heterocycles. The lowest BCUT2D eigenvalue weighted by Crippen LogP contribution is -1.78. The van der Waals surface area contributed by atoms with Crippen LogP contribution in [0.2, 0.25) is 0 Å². The van der Waals surface area contributed by atoms with E-state index in [1.54, 1.807) is 0 Å². The number of fused-ring (bicyclic) bond motifs is 5. The van der Waals surface area contributed by atoms with Gasteiger partial charge in [-0.3, -0.25) is 0 Å². The number of aromatic nitrogens is 3. The van der Waals surface area contributed by atoms with Crippen LogP contribution in [0.5, 0.6) is 0 Å². The monoisotopic (exact) mass is 397 g/mol. The number of nitrogens with one attached hydrogen (secondary N) is 3. The van der Waals surface area contributed by atoms with Gasteiger partial charge in [0, 0.05) is 55.0 Å². The van der Waals surface area contributed by atoms with Crippen LogP contribution < -0.4 is 0 Å². The quantitative estimate of drug-likeness (QED) is 0.269. The molecular weight excluding hydrogens is 378 g/mol. The van der Waals surface area contributed by atoms with Crippen molar-refractivity contribution in [1.82, 2.24) is 15.0 Å². The minimum Gasteiger partial charge on any atom is -0.355 e. The molecule has 0 bridgehead atoms. The van der Waals surface area contributed by atoms with E-state index >= 15 is 0 Å². The van der Waals surface area contributed by atoms with Gasteiger partial charge in [0.25, 0.3) is 0 Å². The highest BCUT2D eigenvalue weighted by Gasteiger charge is 2.10. The van der Waals surface area contributed by atoms with Gasteiger partial charge in [-0.2, -0.15) is 0 Å². The molecule has 3 N–H and O–H groups in total. The third kappa shape index (κ3) is 2.53. The van der Waals surface area contributed by atoms with Gasteiger partial charge in [0.15, 0.2) is 0 Å². The van der Waals surface area contributed by atoms with Crippen molar-refractivity contribution in [2.24, 2.45) is 0 Å². The minimum absolute atomic E-state index is 1.14. The number of hydrogen-bond donors (Lipinski definition) is 3. The smallest absolute Gasteiger partial charge is 0.0465 e. The number of rotatable bonds is 2. The van der Waals surface area contributed by atoms with E-state index < -0.39 is 0 Å². The molecule has 0 saturated carbocycles. The van der Waals surface area contributed by atoms with Gasteiger partial charge in [-0.1, -0.05) is 48.5 Å². The van der Waals surface area contributed by atoms with Crippen molar-refractivity contribution < 1.29 is 0 Å². The van der Waals surface area contributed by atoms with Crippen LogP contribution in [0.15, 0.2) is 97.1 Å². The standard InChI is InChI=1S/C28H19N3/c1-3-7-23-17(5-1)15-27(29-23)19-9-11-25-21(13-19)22-14-20(10-12-26(22)31-25)28-16-18-6-2-4-8-24(18)30-28/h1-16,29-31H. The van der Waals surface area contributed by atoms with Crippen molar-refractivity contribution in [3.63, 3.8) is 0 Å². The first-order valence-corrected chi connectivity index (χ1v) is 10.5. The molecule has 0 amide bonds. The summed E-state index contributed by atoms with van der Waals surface area (Å²) in [5.74, 6) is 0. The van der Waals surface area contributed by atoms with Crippen molar-refractivity contribution in [1.29, 1.82) is 0 Å². The van der Waals surface area contributed by atoms with E-state index in [1.165, 1.54) is 32.7 Å². The predicted molar refractivity (Wildman–Crippen MR) is 130 cm³/mol. The summed E-state index contributed by atoms with van der Waals surface area (Å²) in [7, 11) is 0. The van der Waals surface area contributed by atoms with E-state index in [1.807, 2.05) is 0 Å². The second-order valence-corrected chi connectivity index (χ2v) is 8.19. The van der Waals surface area contributed by atoms with Crippen molar-refractivity contribution >= 4 is 43.6 Å². The first kappa shape index (κ1) is 16.5. The zero-order valence-electron chi connectivity index (χ0n) is 16.7. The summed E-state index contributed by atoms with van der Waals surface area (Å²) in [5.41, 5.74) is 9.32. The number of para-hydroxylation sites is 2. The molecule has 0 aliphatic rings. The second-order valence-electron chi connectivity index (χ2n) is 8.19. The first-order valence-electron chi connectivity index (χ1n) is 10.5. The lowest BCUT2D eigenvalue weighted by Gasteiger charge is -2.01. The molecule has 7 aromatic rings. The molecule has 31 heavy (non-hydrogen) atoms. The average molecular weight is 397 g/mol. The molecule has 0 aliphatic carbocycles. The fourth-order valence-electron chi connectivity index (χ4n) is 4.69. The molecule has 7 rings (SSSR count). The highest BCUT2D eigenvalue weighted by atomic mass is 14.7. The first-order chi connectivity index (χ1) is 15.3. The fourth-order valence-corrected chi connectivity index (χ4v) is 4.69. The molecule has 4 aromatic carbocycles. The highest BCUT2D eigenvalue weighted by molar-refractivity contribution is 6.10. The molecule has 0 spiro atoms. The number of H-pyrrole nitrogens is 3. The van der Waals surface area contributed by atoms with Crippen LogP contribution in [0.3, 0.4) is 0 Å². The molecule has 0 radical (unpaired) electrons. The maximum Gasteiger partial charge on any atom is 0.0465 e. The van der Waals surface area contributed by atoms with E-state index in [9.17, 15) is 0 Å². The Morgan fingerprint density at radius 1 is 0.387 bits per heavy atom. The molecule has 0 atom stereocenters. The Morgan fingerprint density at radius 2 is 0.871 bits per heavy atom. The van der Waals surface area contributed by atoms with Crippen LogP contribution in [0, 0.1) is 0 Å². The zero-order valence-corrected chi connectivity index (χ0v) is 16.7. The van der Waals surface area contributed by atoms with Crippen LogP contribution in [0.4, 0.5) is 0 Å². The maximum atomic E-state index is 3.57. The van der Waals surface area contributed by atoms with Crippen LogP contribution >= 0.6 is 0 Å². The summed E-state index contributed by atoms with van der Waals surface area (Å²) in [6.45, 7) is 0. The predicted octanol–water partition coefficient (Wildman–Crippen LogP) is 7.62. The Hall–Kier alpha value is -4.24. The largest absolute Gasteiger partial charge is 0.355 e. The summed E-state index contributed by atoms with van der Waals surface area (Å²) in [5, 5.41) is 4.95. The van der Waals surface area contributed by atoms with Gasteiger partial charge in [-0.05, 0) is 59.7 Å². The zero-order chi connectivity index (χ0) is 20.4. The molecule has 0 aliphatic heterocycles. The van der Waals surface area contributed by atoms with Gasteiger partial charge in [0.05, 0.1) is 0 Å². The van der Waals surface area contributed by atoms with Crippen molar-refractivity contribution in [2.45, 2.75) is 0 Å². The van der Waals surface area contributed by atoms with Crippen molar-refractivity contribution in [3.05, 3.63) is 97.1 Å². The van der Waals surface area contributed by atoms with Gasteiger partial charge in [-0.15, -0.1) is 0 Å². The Labute approximate surface area is 178 Å². The summed E-state index contributed by atoms with van der Waals surface area (Å²) in [6, 6.07) is 34.6. The van der Waals surface area contributed by atoms with Gasteiger partial charge < -0.3 is 15.0 Å². The molecule has 0 saturated heterocycles. The molecule has 0 fully saturated rings. The van der Waals surface area contributed by atoms with E-state index in [2.05, 4.69) is 112 Å². The summed E-state index contributed by atoms with van der Waals surface area (Å²) >= 11 is 0. The highest BCUT2D eigenvalue weighted by Crippen LogP contribution is 2.34. The SMILES string of the molecule is c1ccc2[nH]c(-c3ccc4[nH]c5ccc(-c6cc7ccccc7[nH]6)cc5c4c3)cc2c1. The summed E-state index contributed by atoms with van der Waals surface area (Å²) in [6.07, 6.45) is 0. The Morgan fingerprint density at radius 3 is 1.35 bits per heavy atom. The second kappa shape index (κ2) is 6.13. The van der Waals surface area contributed by atoms with E-state index in [4.69, 9.17) is 0 Å².